The van der Waals surface area contributed by atoms with E-state index in [1.54, 1.807) is 83.1 Å². The van der Waals surface area contributed by atoms with Gasteiger partial charge in [0, 0.05) is 71.6 Å². The minimum atomic E-state index is -1.75. The first-order valence-corrected chi connectivity index (χ1v) is 46.1. The highest BCUT2D eigenvalue weighted by Gasteiger charge is 2.44. The first kappa shape index (κ1) is 112. The van der Waals surface area contributed by atoms with Crippen molar-refractivity contribution >= 4 is 185 Å². The molecule has 46 nitrogen and oxygen atoms in total. The average molecular weight is 1960 g/mol. The van der Waals surface area contributed by atoms with Gasteiger partial charge in [-0.15, -0.1) is 0 Å². The van der Waals surface area contributed by atoms with E-state index in [0.29, 0.717) is 42.1 Å². The van der Waals surface area contributed by atoms with Gasteiger partial charge in [0.2, 0.25) is 70.9 Å². The number of rotatable bonds is 56. The number of imide groups is 6. The van der Waals surface area contributed by atoms with Crippen LogP contribution in [0.2, 0.25) is 0 Å². The molecule has 0 bridgehead atoms. The molecule has 18 amide bonds. The van der Waals surface area contributed by atoms with Crippen LogP contribution in [0.4, 0.5) is 0 Å². The van der Waals surface area contributed by atoms with E-state index in [-0.39, 0.29) is 120 Å². The minimum Gasteiger partial charge on any atom is -0.481 e. The molecule has 5 aromatic carbocycles. The van der Waals surface area contributed by atoms with Gasteiger partial charge in [-0.25, -0.2) is 9.80 Å². The van der Waals surface area contributed by atoms with Crippen molar-refractivity contribution < 1.29 is 146 Å². The zero-order valence-corrected chi connectivity index (χ0v) is 79.7. The highest BCUT2D eigenvalue weighted by molar-refractivity contribution is 6.43. The van der Waals surface area contributed by atoms with E-state index in [9.17, 15) is 135 Å². The molecule has 0 aliphatic carbocycles. The summed E-state index contributed by atoms with van der Waals surface area (Å²) < 4.78 is 0. The van der Waals surface area contributed by atoms with Crippen LogP contribution >= 0.6 is 0 Å². The van der Waals surface area contributed by atoms with Crippen molar-refractivity contribution in [3.8, 4) is 0 Å². The molecule has 46 heteroatoms. The molecule has 760 valence electrons. The first-order chi connectivity index (χ1) is 65.6. The number of carbonyl (C=O) groups is 24. The Balaban J connectivity index is 1.04. The smallest absolute Gasteiger partial charge is 0.303 e. The number of benzene rings is 5. The maximum Gasteiger partial charge on any atom is 0.303 e. The fraction of sp³-hybridized carbons (Fsp3) is 0.532. The van der Waals surface area contributed by atoms with Crippen molar-refractivity contribution in [1.29, 1.82) is 0 Å². The molecular weight excluding hydrogens is 1830 g/mol. The fourth-order valence-electron chi connectivity index (χ4n) is 16.4. The summed E-state index contributed by atoms with van der Waals surface area (Å²) in [5.41, 5.74) is 11.2. The van der Waals surface area contributed by atoms with Crippen molar-refractivity contribution in [3.63, 3.8) is 0 Å². The summed E-state index contributed by atoms with van der Waals surface area (Å²) in [6.45, 7) is 18.5. The summed E-state index contributed by atoms with van der Waals surface area (Å²) in [6.07, 6.45) is -7.56. The number of hydrogen-bond donors (Lipinski definition) is 20. The van der Waals surface area contributed by atoms with Gasteiger partial charge in [-0.05, 0) is 169 Å². The third-order valence-corrected chi connectivity index (χ3v) is 23.1. The van der Waals surface area contributed by atoms with Gasteiger partial charge in [0.25, 0.3) is 35.4 Å². The van der Waals surface area contributed by atoms with Crippen LogP contribution in [0.15, 0.2) is 48.5 Å². The van der Waals surface area contributed by atoms with Gasteiger partial charge in [0.1, 0.15) is 60.4 Å². The van der Waals surface area contributed by atoms with Crippen LogP contribution in [0.1, 0.15) is 240 Å². The van der Waals surface area contributed by atoms with Gasteiger partial charge in [0.05, 0.1) is 25.2 Å². The number of fused-ring (bicyclic) bond motifs is 2. The number of carboxylic acid groups (broad SMARTS) is 6. The molecule has 0 aromatic heterocycles. The minimum absolute atomic E-state index is 0.0739. The van der Waals surface area contributed by atoms with Crippen LogP contribution in [0.3, 0.4) is 0 Å². The van der Waals surface area contributed by atoms with E-state index in [1.807, 2.05) is 0 Å². The van der Waals surface area contributed by atoms with Crippen molar-refractivity contribution in [2.75, 3.05) is 13.1 Å². The number of amides is 18. The van der Waals surface area contributed by atoms with Crippen molar-refractivity contribution in [2.24, 2.45) is 47.0 Å². The van der Waals surface area contributed by atoms with E-state index in [0.717, 1.165) is 0 Å². The maximum atomic E-state index is 14.7. The Labute approximate surface area is 803 Å². The van der Waals surface area contributed by atoms with E-state index in [1.165, 1.54) is 48.5 Å². The second-order valence-electron chi connectivity index (χ2n) is 37.5. The summed E-state index contributed by atoms with van der Waals surface area (Å²) in [6, 6.07) is -6.95. The predicted molar refractivity (Wildman–Crippen MR) is 498 cm³/mol. The average Bonchev–Trinajstić information content (AvgIpc) is 0.687. The van der Waals surface area contributed by atoms with Gasteiger partial charge in [-0.2, -0.15) is 0 Å². The highest BCUT2D eigenvalue weighted by atomic mass is 16.4. The van der Waals surface area contributed by atoms with Crippen LogP contribution < -0.4 is 75.3 Å². The lowest BCUT2D eigenvalue weighted by Crippen LogP contribution is -2.60. The number of carbonyl (C=O) groups excluding carboxylic acids is 18. The fourth-order valence-corrected chi connectivity index (χ4v) is 16.4. The second-order valence-corrected chi connectivity index (χ2v) is 37.5. The molecule has 12 atom stereocenters. The van der Waals surface area contributed by atoms with Gasteiger partial charge < -0.3 is 106 Å². The number of nitrogens with two attached hydrogens (primary N) is 2. The molecule has 2 aliphatic rings. The van der Waals surface area contributed by atoms with Crippen molar-refractivity contribution in [2.45, 2.75) is 271 Å². The zero-order chi connectivity index (χ0) is 105. The number of nitrogens with one attached hydrogen (secondary N) is 12. The predicted octanol–water partition coefficient (Wildman–Crippen LogP) is 1.18. The van der Waals surface area contributed by atoms with Crippen LogP contribution in [-0.2, 0) is 95.9 Å². The molecule has 2 heterocycles. The summed E-state index contributed by atoms with van der Waals surface area (Å²) in [7, 11) is 0. The lowest BCUT2D eigenvalue weighted by Gasteiger charge is -2.29. The SMILES string of the molecule is CC(C)C[C@H](NC(=O)[C@H](CC(C)C)NC(=O)[C@H](CC(C)C)NC(=O)[C@H](CCC(=O)O)NC(=O)[C@H](CCC(=O)O)NC(=O)[C@@H](N)CCC(=O)O)C(=O)NCC(=O)N1C(=O)c2ccc3c4ccc5c6c(ccc(c7ccc(c2c37)C1=O)c64)C(=O)N(C(=O)CNC(=O)[C@H](CC(C)C)NC(=O)[C@H](CC(C)C)NC(=O)[C@H](CC(C)C)NC(=O)[C@H](CCC(=O)O)NC(=O)[C@H](CCC(=O)O)NC(=O)[C@@H](N)CCC(=O)O)C5=O. The monoisotopic (exact) mass is 1960 g/mol. The highest BCUT2D eigenvalue weighted by Crippen LogP contribution is 2.46. The molecule has 0 radical (unpaired) electrons. The number of nitrogens with zero attached hydrogens (tertiary/aromatic N) is 2. The molecular formula is C94H124N16O30. The largest absolute Gasteiger partial charge is 0.481 e. The van der Waals surface area contributed by atoms with Crippen LogP contribution in [0.5, 0.6) is 0 Å². The summed E-state index contributed by atoms with van der Waals surface area (Å²) >= 11 is 0. The topological polar surface area (TPSA) is 734 Å². The number of aliphatic carboxylic acids is 6. The van der Waals surface area contributed by atoms with Gasteiger partial charge in [-0.1, -0.05) is 107 Å². The normalized spacial score (nSPS) is 15.0. The first-order valence-electron chi connectivity index (χ1n) is 46.1. The third-order valence-electron chi connectivity index (χ3n) is 23.1. The Morgan fingerprint density at radius 3 is 0.607 bits per heavy atom. The molecule has 0 fully saturated rings. The van der Waals surface area contributed by atoms with E-state index in [2.05, 4.69) is 63.8 Å². The quantitative estimate of drug-likeness (QED) is 0.0148. The molecule has 0 saturated carbocycles. The third kappa shape index (κ3) is 30.7. The van der Waals surface area contributed by atoms with Gasteiger partial charge in [-0.3, -0.25) is 115 Å². The Morgan fingerprint density at radius 2 is 0.414 bits per heavy atom. The molecule has 22 N–H and O–H groups in total. The Bertz CT molecular complexity index is 5200. The van der Waals surface area contributed by atoms with Crippen LogP contribution in [0.25, 0.3) is 43.1 Å². The second kappa shape index (κ2) is 50.6. The summed E-state index contributed by atoms with van der Waals surface area (Å²) in [4.78, 5) is 326. The Morgan fingerprint density at radius 1 is 0.243 bits per heavy atom. The lowest BCUT2D eigenvalue weighted by atomic mass is 9.82. The molecule has 5 aromatic rings. The van der Waals surface area contributed by atoms with Crippen molar-refractivity contribution in [1.82, 2.24) is 73.6 Å². The molecule has 0 unspecified atom stereocenters. The molecule has 2 aliphatic heterocycles. The molecule has 7 rings (SSSR count). The van der Waals surface area contributed by atoms with Gasteiger partial charge in [0.15, 0.2) is 0 Å². The number of hydrogen-bond acceptors (Lipinski definition) is 26. The summed E-state index contributed by atoms with van der Waals surface area (Å²) in [5.74, 6) is -29.3. The van der Waals surface area contributed by atoms with Crippen LogP contribution in [0, 0.1) is 35.5 Å². The Hall–Kier alpha value is -14.6. The van der Waals surface area contributed by atoms with Crippen molar-refractivity contribution in [3.05, 3.63) is 70.8 Å². The van der Waals surface area contributed by atoms with E-state index >= 15 is 0 Å². The molecule has 140 heavy (non-hydrogen) atoms. The number of carboxylic acids is 6. The van der Waals surface area contributed by atoms with Gasteiger partial charge >= 0.3 is 35.8 Å². The Kier molecular flexibility index (Phi) is 40.7. The van der Waals surface area contributed by atoms with E-state index in [4.69, 9.17) is 21.7 Å². The maximum absolute atomic E-state index is 14.7. The standard InChI is InChI=1S/C94H124N16O30/c1-41(2)33-61(103-87(133)65(37-45(9)10)107-89(135)63(35-43(5)6)105-85(131)59(25-31-73(121)122)101-83(129)57(23-29-71(117)118)99-79(125)55(95)21-27-69(113)114)81(127)97-39-67(111)109-91(137)51-17-13-47-49-15-19-53-78-54(20-16-50(76(49)78)48-14-18-52(92(109)138)77(51)75(47)48)94(140)110(93(53)139)68(112)40-98-82(128)62(34-42(3)4)104-88(134)66(38-46(11)12)108-90(136)64(36-44(7)8)106-86(132)60(26-32-74(123)124)102-84(130)58(24-30-72(119)120)100-80(126)56(96)22-28-70(115)116/h13-20,41-46,55-66H,21-40,95-96H2,1-12H3,(H,97,127)(H,98,128)(H,99,125)(H,100,126)(H,101,129)(H,102,130)(H,103,133)(H,104,134)(H,105,131)(H,106,132)(H,107,135)(H,108,136)(H,113,114)(H,115,116)(H,117,118)(H,119,120)(H,121,122)(H,123,124)/t55-,56-,57-,58-,59-,60-,61-,62-,63-,64-,65-,66-/m0/s1. The van der Waals surface area contributed by atoms with Crippen LogP contribution in [-0.4, -0.2) is 268 Å². The summed E-state index contributed by atoms with van der Waals surface area (Å²) in [5, 5.41) is 88.4. The molecule has 0 saturated heterocycles. The van der Waals surface area contributed by atoms with E-state index < -0.39 is 292 Å². The lowest BCUT2D eigenvalue weighted by molar-refractivity contribution is -0.140. The zero-order valence-electron chi connectivity index (χ0n) is 79.7. The molecule has 0 spiro atoms.